The number of thioether (sulfide) groups is 1. The number of non-ortho nitro benzene ring substituents is 1. The number of carbonyl (C=O) groups is 1. The fourth-order valence-electron chi connectivity index (χ4n) is 2.87. The van der Waals surface area contributed by atoms with Gasteiger partial charge < -0.3 is 4.90 Å². The molecule has 132 valence electrons. The van der Waals surface area contributed by atoms with E-state index in [1.807, 2.05) is 0 Å². The van der Waals surface area contributed by atoms with Crippen LogP contribution < -0.4 is 4.90 Å². The van der Waals surface area contributed by atoms with Crippen LogP contribution >= 0.6 is 11.8 Å². The number of benzene rings is 1. The Labute approximate surface area is 149 Å². The van der Waals surface area contributed by atoms with Crippen molar-refractivity contribution in [3.8, 4) is 0 Å². The highest BCUT2D eigenvalue weighted by atomic mass is 32.2. The molecule has 0 aliphatic heterocycles. The molecule has 1 N–H and O–H groups in total. The minimum absolute atomic E-state index is 0.000797. The molecule has 1 aliphatic rings. The number of rotatable bonds is 6. The first-order valence-corrected chi connectivity index (χ1v) is 9.09. The quantitative estimate of drug-likeness (QED) is 0.481. The SMILES string of the molecule is CN(C(=O)CSc1n[nH]c(C2CCCC2)n1)c1ccc([N+](=O)[O-])cc1. The second-order valence-corrected chi connectivity index (χ2v) is 6.94. The van der Waals surface area contributed by atoms with E-state index in [0.717, 1.165) is 18.7 Å². The molecule has 0 radical (unpaired) electrons. The zero-order valence-electron chi connectivity index (χ0n) is 13.8. The third-order valence-electron chi connectivity index (χ3n) is 4.37. The number of aromatic amines is 1. The zero-order valence-corrected chi connectivity index (χ0v) is 14.7. The molecule has 0 bridgehead atoms. The summed E-state index contributed by atoms with van der Waals surface area (Å²) in [5.41, 5.74) is 0.608. The highest BCUT2D eigenvalue weighted by Crippen LogP contribution is 2.32. The van der Waals surface area contributed by atoms with Gasteiger partial charge in [0.2, 0.25) is 11.1 Å². The lowest BCUT2D eigenvalue weighted by Gasteiger charge is -2.16. The number of H-pyrrole nitrogens is 1. The number of carbonyl (C=O) groups excluding carboxylic acids is 1. The van der Waals surface area contributed by atoms with Gasteiger partial charge in [0, 0.05) is 30.8 Å². The summed E-state index contributed by atoms with van der Waals surface area (Å²) < 4.78 is 0. The molecule has 1 saturated carbocycles. The summed E-state index contributed by atoms with van der Waals surface area (Å²) in [6.45, 7) is 0. The van der Waals surface area contributed by atoms with Crippen molar-refractivity contribution in [2.45, 2.75) is 36.8 Å². The van der Waals surface area contributed by atoms with Crippen LogP contribution in [0.15, 0.2) is 29.4 Å². The first-order valence-electron chi connectivity index (χ1n) is 8.10. The van der Waals surface area contributed by atoms with E-state index >= 15 is 0 Å². The van der Waals surface area contributed by atoms with Crippen molar-refractivity contribution in [1.29, 1.82) is 0 Å². The highest BCUT2D eigenvalue weighted by Gasteiger charge is 2.21. The van der Waals surface area contributed by atoms with Crippen LogP contribution in [0, 0.1) is 10.1 Å². The largest absolute Gasteiger partial charge is 0.315 e. The number of nitro groups is 1. The zero-order chi connectivity index (χ0) is 17.8. The van der Waals surface area contributed by atoms with Crippen LogP contribution in [0.25, 0.3) is 0 Å². The van der Waals surface area contributed by atoms with Gasteiger partial charge in [-0.3, -0.25) is 20.0 Å². The predicted octanol–water partition coefficient (Wildman–Crippen LogP) is 3.13. The Hall–Kier alpha value is -2.42. The molecule has 1 heterocycles. The Kier molecular flexibility index (Phi) is 5.32. The Morgan fingerprint density at radius 3 is 2.68 bits per heavy atom. The van der Waals surface area contributed by atoms with Crippen molar-refractivity contribution in [1.82, 2.24) is 15.2 Å². The lowest BCUT2D eigenvalue weighted by molar-refractivity contribution is -0.384. The topological polar surface area (TPSA) is 105 Å². The number of hydrogen-bond acceptors (Lipinski definition) is 6. The summed E-state index contributed by atoms with van der Waals surface area (Å²) in [6, 6.07) is 5.89. The summed E-state index contributed by atoms with van der Waals surface area (Å²) in [7, 11) is 1.64. The molecule has 1 aliphatic carbocycles. The maximum Gasteiger partial charge on any atom is 0.269 e. The monoisotopic (exact) mass is 361 g/mol. The van der Waals surface area contributed by atoms with Gasteiger partial charge in [0.1, 0.15) is 5.82 Å². The van der Waals surface area contributed by atoms with Gasteiger partial charge in [0.15, 0.2) is 0 Å². The van der Waals surface area contributed by atoms with Crippen molar-refractivity contribution >= 4 is 29.0 Å². The fraction of sp³-hybridized carbons (Fsp3) is 0.438. The summed E-state index contributed by atoms with van der Waals surface area (Å²) in [6.07, 6.45) is 4.74. The van der Waals surface area contributed by atoms with E-state index in [-0.39, 0.29) is 17.3 Å². The van der Waals surface area contributed by atoms with Crippen LogP contribution in [0.3, 0.4) is 0 Å². The summed E-state index contributed by atoms with van der Waals surface area (Å²) in [5.74, 6) is 1.46. The molecule has 1 amide bonds. The molecule has 9 heteroatoms. The molecule has 0 spiro atoms. The van der Waals surface area contributed by atoms with Gasteiger partial charge >= 0.3 is 0 Å². The van der Waals surface area contributed by atoms with E-state index in [1.54, 1.807) is 19.2 Å². The first-order chi connectivity index (χ1) is 12.0. The molecule has 2 aromatic rings. The minimum Gasteiger partial charge on any atom is -0.315 e. The fourth-order valence-corrected chi connectivity index (χ4v) is 3.59. The van der Waals surface area contributed by atoms with Crippen LogP contribution in [0.4, 0.5) is 11.4 Å². The molecule has 1 aromatic heterocycles. The molecular weight excluding hydrogens is 342 g/mol. The van der Waals surface area contributed by atoms with E-state index in [1.165, 1.54) is 41.6 Å². The molecule has 8 nitrogen and oxygen atoms in total. The van der Waals surface area contributed by atoms with Crippen LogP contribution in [-0.2, 0) is 4.79 Å². The second kappa shape index (κ2) is 7.64. The van der Waals surface area contributed by atoms with Gasteiger partial charge in [-0.2, -0.15) is 0 Å². The average Bonchev–Trinajstić information content (AvgIpc) is 3.30. The number of amides is 1. The molecule has 1 fully saturated rings. The Morgan fingerprint density at radius 1 is 1.36 bits per heavy atom. The first kappa shape index (κ1) is 17.4. The van der Waals surface area contributed by atoms with E-state index in [4.69, 9.17) is 0 Å². The van der Waals surface area contributed by atoms with Crippen molar-refractivity contribution in [2.75, 3.05) is 17.7 Å². The van der Waals surface area contributed by atoms with Gasteiger partial charge in [-0.05, 0) is 25.0 Å². The predicted molar refractivity (Wildman–Crippen MR) is 94.8 cm³/mol. The smallest absolute Gasteiger partial charge is 0.269 e. The maximum atomic E-state index is 12.3. The van der Waals surface area contributed by atoms with Gasteiger partial charge in [-0.15, -0.1) is 5.10 Å². The maximum absolute atomic E-state index is 12.3. The highest BCUT2D eigenvalue weighted by molar-refractivity contribution is 7.99. The van der Waals surface area contributed by atoms with Gasteiger partial charge in [0.25, 0.3) is 5.69 Å². The van der Waals surface area contributed by atoms with Crippen LogP contribution in [0.1, 0.15) is 37.4 Å². The third kappa shape index (κ3) is 4.16. The summed E-state index contributed by atoms with van der Waals surface area (Å²) >= 11 is 1.29. The second-order valence-electron chi connectivity index (χ2n) is 6.00. The van der Waals surface area contributed by atoms with Crippen LogP contribution in [0.5, 0.6) is 0 Å². The standard InChI is InChI=1S/C16H19N5O3S/c1-20(12-6-8-13(9-7-12)21(23)24)14(22)10-25-16-17-15(18-19-16)11-4-2-3-5-11/h6-9,11H,2-5,10H2,1H3,(H,17,18,19). The molecule has 0 saturated heterocycles. The minimum atomic E-state index is -0.466. The normalized spacial score (nSPS) is 14.6. The number of nitro benzene ring substituents is 1. The summed E-state index contributed by atoms with van der Waals surface area (Å²) in [5, 5.41) is 18.4. The van der Waals surface area contributed by atoms with E-state index < -0.39 is 4.92 Å². The number of nitrogens with zero attached hydrogens (tertiary/aromatic N) is 4. The number of nitrogens with one attached hydrogen (secondary N) is 1. The number of anilines is 1. The van der Waals surface area contributed by atoms with E-state index in [9.17, 15) is 14.9 Å². The van der Waals surface area contributed by atoms with Crippen molar-refractivity contribution < 1.29 is 9.72 Å². The van der Waals surface area contributed by atoms with Gasteiger partial charge in [-0.25, -0.2) is 4.98 Å². The molecule has 0 unspecified atom stereocenters. The van der Waals surface area contributed by atoms with Gasteiger partial charge in [0.05, 0.1) is 10.7 Å². The van der Waals surface area contributed by atoms with E-state index in [0.29, 0.717) is 16.8 Å². The van der Waals surface area contributed by atoms with Crippen LogP contribution in [0.2, 0.25) is 0 Å². The number of hydrogen-bond donors (Lipinski definition) is 1. The Bertz CT molecular complexity index is 755. The third-order valence-corrected chi connectivity index (χ3v) is 5.20. The van der Waals surface area contributed by atoms with Crippen molar-refractivity contribution in [2.24, 2.45) is 0 Å². The lowest BCUT2D eigenvalue weighted by Crippen LogP contribution is -2.27. The average molecular weight is 361 g/mol. The Balaban J connectivity index is 1.55. The van der Waals surface area contributed by atoms with E-state index in [2.05, 4.69) is 15.2 Å². The van der Waals surface area contributed by atoms with Gasteiger partial charge in [-0.1, -0.05) is 24.6 Å². The summed E-state index contributed by atoms with van der Waals surface area (Å²) in [4.78, 5) is 28.5. The van der Waals surface area contributed by atoms with Crippen molar-refractivity contribution in [3.05, 3.63) is 40.2 Å². The van der Waals surface area contributed by atoms with Crippen LogP contribution in [-0.4, -0.2) is 38.8 Å². The molecular formula is C16H19N5O3S. The molecule has 3 rings (SSSR count). The molecule has 0 atom stereocenters. The lowest BCUT2D eigenvalue weighted by atomic mass is 10.1. The van der Waals surface area contributed by atoms with Crippen molar-refractivity contribution in [3.63, 3.8) is 0 Å². The Morgan fingerprint density at radius 2 is 2.04 bits per heavy atom. The number of aromatic nitrogens is 3. The molecule has 25 heavy (non-hydrogen) atoms. The molecule has 1 aromatic carbocycles.